The molecule has 0 aliphatic carbocycles. The molecule has 1 fully saturated rings. The first kappa shape index (κ1) is 11.5. The minimum absolute atomic E-state index is 0.123. The highest BCUT2D eigenvalue weighted by Gasteiger charge is 2.34. The third-order valence-electron chi connectivity index (χ3n) is 1.94. The minimum atomic E-state index is -0.421. The Labute approximate surface area is 84.4 Å². The van der Waals surface area contributed by atoms with E-state index in [0.717, 1.165) is 6.42 Å². The molecule has 1 aliphatic heterocycles. The SMILES string of the molecule is CCC(CC1OO1)C(=O)OC(C)(C)C. The van der Waals surface area contributed by atoms with E-state index in [4.69, 9.17) is 4.74 Å². The molecule has 0 aromatic carbocycles. The summed E-state index contributed by atoms with van der Waals surface area (Å²) >= 11 is 0. The third-order valence-corrected chi connectivity index (χ3v) is 1.94. The van der Waals surface area contributed by atoms with Crippen molar-refractivity contribution in [1.82, 2.24) is 0 Å². The van der Waals surface area contributed by atoms with Gasteiger partial charge in [0, 0.05) is 6.42 Å². The van der Waals surface area contributed by atoms with Crippen molar-refractivity contribution in [2.24, 2.45) is 5.92 Å². The maximum Gasteiger partial charge on any atom is 0.309 e. The van der Waals surface area contributed by atoms with Gasteiger partial charge in [0.25, 0.3) is 0 Å². The molecule has 1 atom stereocenters. The van der Waals surface area contributed by atoms with Crippen LogP contribution in [0.25, 0.3) is 0 Å². The van der Waals surface area contributed by atoms with E-state index < -0.39 is 5.60 Å². The van der Waals surface area contributed by atoms with Crippen molar-refractivity contribution in [3.8, 4) is 0 Å². The molecule has 14 heavy (non-hydrogen) atoms. The van der Waals surface area contributed by atoms with E-state index in [9.17, 15) is 4.79 Å². The summed E-state index contributed by atoms with van der Waals surface area (Å²) in [6.45, 7) is 7.54. The fourth-order valence-electron chi connectivity index (χ4n) is 1.16. The van der Waals surface area contributed by atoms with E-state index >= 15 is 0 Å². The van der Waals surface area contributed by atoms with Gasteiger partial charge in [0.05, 0.1) is 5.92 Å². The molecule has 0 aromatic rings. The highest BCUT2D eigenvalue weighted by atomic mass is 17.4. The second-order valence-corrected chi connectivity index (χ2v) is 4.50. The predicted octanol–water partition coefficient (Wildman–Crippen LogP) is 2.03. The van der Waals surface area contributed by atoms with Crippen LogP contribution in [0.2, 0.25) is 0 Å². The van der Waals surface area contributed by atoms with E-state index in [1.54, 1.807) is 0 Å². The molecule has 4 heteroatoms. The van der Waals surface area contributed by atoms with Gasteiger partial charge in [-0.15, -0.1) is 0 Å². The van der Waals surface area contributed by atoms with E-state index in [1.807, 2.05) is 27.7 Å². The van der Waals surface area contributed by atoms with Crippen LogP contribution in [0, 0.1) is 5.92 Å². The van der Waals surface area contributed by atoms with Crippen LogP contribution in [0.4, 0.5) is 0 Å². The first-order valence-corrected chi connectivity index (χ1v) is 4.97. The van der Waals surface area contributed by atoms with E-state index in [-0.39, 0.29) is 18.2 Å². The molecule has 0 amide bonds. The molecule has 4 nitrogen and oxygen atoms in total. The number of rotatable bonds is 4. The Morgan fingerprint density at radius 2 is 2.00 bits per heavy atom. The molecule has 0 bridgehead atoms. The summed E-state index contributed by atoms with van der Waals surface area (Å²) in [4.78, 5) is 20.8. The minimum Gasteiger partial charge on any atom is -0.460 e. The van der Waals surface area contributed by atoms with Crippen LogP contribution in [0.3, 0.4) is 0 Å². The van der Waals surface area contributed by atoms with E-state index in [1.165, 1.54) is 0 Å². The highest BCUT2D eigenvalue weighted by Crippen LogP contribution is 2.25. The molecule has 0 spiro atoms. The lowest BCUT2D eigenvalue weighted by atomic mass is 10.0. The molecule has 0 saturated carbocycles. The fourth-order valence-corrected chi connectivity index (χ4v) is 1.16. The lowest BCUT2D eigenvalue weighted by Crippen LogP contribution is -2.29. The van der Waals surface area contributed by atoms with Crippen LogP contribution in [-0.4, -0.2) is 17.9 Å². The van der Waals surface area contributed by atoms with Gasteiger partial charge in [-0.1, -0.05) is 6.92 Å². The highest BCUT2D eigenvalue weighted by molar-refractivity contribution is 5.72. The number of ether oxygens (including phenoxy) is 1. The Morgan fingerprint density at radius 3 is 2.36 bits per heavy atom. The Kier molecular flexibility index (Phi) is 3.50. The molecule has 0 N–H and O–H groups in total. The maximum absolute atomic E-state index is 11.6. The fraction of sp³-hybridized carbons (Fsp3) is 0.900. The average Bonchev–Trinajstić information content (AvgIpc) is 2.79. The largest absolute Gasteiger partial charge is 0.460 e. The average molecular weight is 202 g/mol. The van der Waals surface area contributed by atoms with Crippen molar-refractivity contribution >= 4 is 5.97 Å². The zero-order valence-corrected chi connectivity index (χ0v) is 9.20. The lowest BCUT2D eigenvalue weighted by Gasteiger charge is -2.22. The molecule has 82 valence electrons. The molecule has 1 unspecified atom stereocenters. The quantitative estimate of drug-likeness (QED) is 0.397. The van der Waals surface area contributed by atoms with Gasteiger partial charge in [-0.3, -0.25) is 4.79 Å². The Balaban J connectivity index is 2.38. The lowest BCUT2D eigenvalue weighted by molar-refractivity contribution is -0.160. The summed E-state index contributed by atoms with van der Waals surface area (Å²) in [5.74, 6) is -0.291. The summed E-state index contributed by atoms with van der Waals surface area (Å²) in [5.41, 5.74) is -0.421. The Hall–Kier alpha value is -0.610. The summed E-state index contributed by atoms with van der Waals surface area (Å²) in [5, 5.41) is 0. The van der Waals surface area contributed by atoms with E-state index in [2.05, 4.69) is 9.78 Å². The smallest absolute Gasteiger partial charge is 0.309 e. The maximum atomic E-state index is 11.6. The van der Waals surface area contributed by atoms with Crippen LogP contribution in [0.5, 0.6) is 0 Å². The zero-order chi connectivity index (χ0) is 10.8. The van der Waals surface area contributed by atoms with Crippen LogP contribution in [0.15, 0.2) is 0 Å². The monoisotopic (exact) mass is 202 g/mol. The van der Waals surface area contributed by atoms with Crippen molar-refractivity contribution in [2.75, 3.05) is 0 Å². The molecule has 0 aromatic heterocycles. The van der Waals surface area contributed by atoms with Gasteiger partial charge in [-0.25, -0.2) is 0 Å². The number of hydrogen-bond donors (Lipinski definition) is 0. The topological polar surface area (TPSA) is 51.4 Å². The van der Waals surface area contributed by atoms with Crippen LogP contribution >= 0.6 is 0 Å². The first-order chi connectivity index (χ1) is 6.42. The van der Waals surface area contributed by atoms with Gasteiger partial charge in [0.1, 0.15) is 5.60 Å². The third kappa shape index (κ3) is 4.07. The molecule has 0 radical (unpaired) electrons. The van der Waals surface area contributed by atoms with Crippen molar-refractivity contribution in [2.45, 2.75) is 52.4 Å². The number of carbonyl (C=O) groups excluding carboxylic acids is 1. The van der Waals surface area contributed by atoms with E-state index in [0.29, 0.717) is 6.42 Å². The van der Waals surface area contributed by atoms with Gasteiger partial charge in [0.2, 0.25) is 6.29 Å². The van der Waals surface area contributed by atoms with Crippen molar-refractivity contribution in [3.05, 3.63) is 0 Å². The molecule has 1 heterocycles. The summed E-state index contributed by atoms with van der Waals surface area (Å²) in [6, 6.07) is 0. The second kappa shape index (κ2) is 4.28. The summed E-state index contributed by atoms with van der Waals surface area (Å²) in [7, 11) is 0. The molecule has 1 saturated heterocycles. The molecular weight excluding hydrogens is 184 g/mol. The van der Waals surface area contributed by atoms with Gasteiger partial charge >= 0.3 is 5.97 Å². The zero-order valence-electron chi connectivity index (χ0n) is 9.20. The van der Waals surface area contributed by atoms with Gasteiger partial charge in [-0.2, -0.15) is 9.78 Å². The molecule has 1 aliphatic rings. The van der Waals surface area contributed by atoms with Gasteiger partial charge in [-0.05, 0) is 27.2 Å². The number of carbonyl (C=O) groups is 1. The standard InChI is InChI=1S/C10H18O4/c1-5-7(6-8-13-14-8)9(11)12-10(2,3)4/h7-8H,5-6H2,1-4H3. The van der Waals surface area contributed by atoms with Gasteiger partial charge < -0.3 is 4.74 Å². The summed E-state index contributed by atoms with van der Waals surface area (Å²) in [6.07, 6.45) is 1.14. The first-order valence-electron chi connectivity index (χ1n) is 4.97. The van der Waals surface area contributed by atoms with Crippen LogP contribution in [0.1, 0.15) is 40.5 Å². The van der Waals surface area contributed by atoms with Crippen LogP contribution < -0.4 is 0 Å². The van der Waals surface area contributed by atoms with Crippen molar-refractivity contribution in [3.63, 3.8) is 0 Å². The summed E-state index contributed by atoms with van der Waals surface area (Å²) < 4.78 is 5.27. The Bertz CT molecular complexity index is 203. The Morgan fingerprint density at radius 1 is 1.43 bits per heavy atom. The second-order valence-electron chi connectivity index (χ2n) is 4.50. The number of esters is 1. The van der Waals surface area contributed by atoms with Crippen molar-refractivity contribution in [1.29, 1.82) is 0 Å². The van der Waals surface area contributed by atoms with Crippen LogP contribution in [-0.2, 0) is 19.3 Å². The molecular formula is C10H18O4. The normalized spacial score (nSPS) is 19.1. The van der Waals surface area contributed by atoms with Gasteiger partial charge in [0.15, 0.2) is 0 Å². The number of hydrogen-bond acceptors (Lipinski definition) is 4. The predicted molar refractivity (Wildman–Crippen MR) is 50.2 cm³/mol. The van der Waals surface area contributed by atoms with Crippen molar-refractivity contribution < 1.29 is 19.3 Å². The molecule has 1 rings (SSSR count).